The van der Waals surface area contributed by atoms with E-state index >= 15 is 0 Å². The van der Waals surface area contributed by atoms with Crippen LogP contribution in [-0.4, -0.2) is 91.6 Å². The van der Waals surface area contributed by atoms with Gasteiger partial charge >= 0.3 is 0 Å². The van der Waals surface area contributed by atoms with E-state index in [1.54, 1.807) is 13.8 Å². The van der Waals surface area contributed by atoms with Crippen molar-refractivity contribution < 1.29 is 33.7 Å². The molecule has 0 aromatic heterocycles. The maximum atomic E-state index is 12.4. The predicted octanol–water partition coefficient (Wildman–Crippen LogP) is 4.17. The van der Waals surface area contributed by atoms with E-state index < -0.39 is 6.10 Å². The standard InChI is InChI=1S/C28H47N3O5.C5H8O2.C2H6/c1-7-26(32)30-12-13-31-27(33)15-23-17-28(21(5)36-28)16-22(35-23)10-8-18(2)9-11-25-19(3)14-24(29-6)20(4)34-25;1-5(7)3-2-4-6;1-2/h8-10,19-25,29H,7,11-17H2,1-6H3,(H,30,32)(H,31,33);2-5,7H,1H3;1-2H3/b10-8+,18-9+;3-2-;/t19?,20?,21?,22?,23-,24?,25?,28?;;/m1../s1. The Labute approximate surface area is 271 Å². The molecule has 3 fully saturated rings. The molecular weight excluding hydrogens is 574 g/mol. The maximum absolute atomic E-state index is 12.4. The summed E-state index contributed by atoms with van der Waals surface area (Å²) in [6.45, 7) is 16.9. The first-order valence-corrected chi connectivity index (χ1v) is 16.8. The molecule has 0 saturated carbocycles. The molecule has 2 amide bonds. The van der Waals surface area contributed by atoms with Crippen molar-refractivity contribution in [1.29, 1.82) is 0 Å². The average Bonchev–Trinajstić information content (AvgIpc) is 3.63. The smallest absolute Gasteiger partial charge is 0.222 e. The van der Waals surface area contributed by atoms with Crippen LogP contribution in [0.25, 0.3) is 0 Å². The van der Waals surface area contributed by atoms with Gasteiger partial charge in [-0.15, -0.1) is 0 Å². The third kappa shape index (κ3) is 15.2. The van der Waals surface area contributed by atoms with E-state index in [0.29, 0.717) is 44.2 Å². The highest BCUT2D eigenvalue weighted by molar-refractivity contribution is 5.77. The number of hydrogen-bond donors (Lipinski definition) is 4. The summed E-state index contributed by atoms with van der Waals surface area (Å²) in [7, 11) is 2.00. The van der Waals surface area contributed by atoms with E-state index in [9.17, 15) is 14.4 Å². The molecule has 4 N–H and O–H groups in total. The van der Waals surface area contributed by atoms with Gasteiger partial charge in [-0.2, -0.15) is 0 Å². The van der Waals surface area contributed by atoms with Gasteiger partial charge in [0.15, 0.2) is 0 Å². The molecule has 3 heterocycles. The van der Waals surface area contributed by atoms with Gasteiger partial charge < -0.3 is 35.3 Å². The van der Waals surface area contributed by atoms with Crippen LogP contribution in [0.1, 0.15) is 93.9 Å². The summed E-state index contributed by atoms with van der Waals surface area (Å²) < 4.78 is 18.5. The van der Waals surface area contributed by atoms with E-state index in [4.69, 9.17) is 19.3 Å². The average molecular weight is 636 g/mol. The van der Waals surface area contributed by atoms with Crippen molar-refractivity contribution in [2.75, 3.05) is 20.1 Å². The fourth-order valence-electron chi connectivity index (χ4n) is 5.66. The van der Waals surface area contributed by atoms with Crippen molar-refractivity contribution in [3.05, 3.63) is 36.0 Å². The van der Waals surface area contributed by atoms with Crippen LogP contribution < -0.4 is 16.0 Å². The summed E-state index contributed by atoms with van der Waals surface area (Å²) in [6.07, 6.45) is 14.0. The highest BCUT2D eigenvalue weighted by atomic mass is 16.6. The number of amides is 2. The third-order valence-electron chi connectivity index (χ3n) is 8.39. The zero-order chi connectivity index (χ0) is 34.0. The number of aldehydes is 1. The van der Waals surface area contributed by atoms with Crippen LogP contribution in [0.4, 0.5) is 0 Å². The van der Waals surface area contributed by atoms with Crippen molar-refractivity contribution in [1.82, 2.24) is 16.0 Å². The van der Waals surface area contributed by atoms with E-state index in [2.05, 4.69) is 61.9 Å². The lowest BCUT2D eigenvalue weighted by Crippen LogP contribution is -2.47. The molecule has 0 radical (unpaired) electrons. The minimum Gasteiger partial charge on any atom is -0.389 e. The second-order valence-electron chi connectivity index (χ2n) is 12.1. The number of nitrogens with one attached hydrogen (secondary N) is 3. The molecule has 3 aliphatic heterocycles. The Hall–Kier alpha value is -2.37. The Kier molecular flexibility index (Phi) is 19.4. The van der Waals surface area contributed by atoms with Crippen LogP contribution >= 0.6 is 0 Å². The normalized spacial score (nSPS) is 31.8. The molecule has 8 unspecified atom stereocenters. The number of likely N-dealkylation sites (N-methyl/N-ethyl adjacent to an activating group) is 1. The topological polar surface area (TPSA) is 139 Å². The maximum Gasteiger partial charge on any atom is 0.222 e. The van der Waals surface area contributed by atoms with Crippen molar-refractivity contribution >= 4 is 18.1 Å². The minimum absolute atomic E-state index is 0.0154. The lowest BCUT2D eigenvalue weighted by Gasteiger charge is -2.38. The van der Waals surface area contributed by atoms with Crippen LogP contribution in [0.2, 0.25) is 0 Å². The van der Waals surface area contributed by atoms with Gasteiger partial charge in [-0.25, -0.2) is 0 Å². The molecule has 10 heteroatoms. The van der Waals surface area contributed by atoms with Crippen LogP contribution in [0.3, 0.4) is 0 Å². The van der Waals surface area contributed by atoms with Crippen LogP contribution in [0.5, 0.6) is 0 Å². The molecule has 3 rings (SSSR count). The Morgan fingerprint density at radius 2 is 1.71 bits per heavy atom. The zero-order valence-electron chi connectivity index (χ0n) is 29.1. The highest BCUT2D eigenvalue weighted by Gasteiger charge is 2.57. The van der Waals surface area contributed by atoms with E-state index in [0.717, 1.165) is 25.7 Å². The first-order valence-electron chi connectivity index (χ1n) is 16.8. The van der Waals surface area contributed by atoms with Crippen molar-refractivity contribution in [3.8, 4) is 0 Å². The molecule has 10 nitrogen and oxygen atoms in total. The number of carbonyl (C=O) groups excluding carboxylic acids is 3. The van der Waals surface area contributed by atoms with E-state index in [-0.39, 0.29) is 47.9 Å². The third-order valence-corrected chi connectivity index (χ3v) is 8.39. The molecule has 258 valence electrons. The Morgan fingerprint density at radius 3 is 2.24 bits per heavy atom. The minimum atomic E-state index is -0.509. The lowest BCUT2D eigenvalue weighted by molar-refractivity contribution is -0.128. The van der Waals surface area contributed by atoms with E-state index in [1.165, 1.54) is 17.7 Å². The Morgan fingerprint density at radius 1 is 1.07 bits per heavy atom. The fourth-order valence-corrected chi connectivity index (χ4v) is 5.66. The van der Waals surface area contributed by atoms with Crippen molar-refractivity contribution in [2.24, 2.45) is 5.92 Å². The molecule has 3 saturated heterocycles. The van der Waals surface area contributed by atoms with Crippen molar-refractivity contribution in [2.45, 2.75) is 142 Å². The Balaban J connectivity index is 0.000000991. The monoisotopic (exact) mass is 635 g/mol. The van der Waals surface area contributed by atoms with Gasteiger partial charge in [0.05, 0.1) is 48.6 Å². The number of allylic oxidation sites excluding steroid dienone is 3. The first kappa shape index (κ1) is 40.7. The van der Waals surface area contributed by atoms with Gasteiger partial charge in [-0.3, -0.25) is 14.4 Å². The summed E-state index contributed by atoms with van der Waals surface area (Å²) in [4.78, 5) is 33.3. The van der Waals surface area contributed by atoms with Gasteiger partial charge in [0, 0.05) is 38.4 Å². The van der Waals surface area contributed by atoms with Gasteiger partial charge in [0.1, 0.15) is 6.29 Å². The molecule has 0 aliphatic carbocycles. The first-order chi connectivity index (χ1) is 21.4. The largest absolute Gasteiger partial charge is 0.389 e. The van der Waals surface area contributed by atoms with Crippen LogP contribution in [-0.2, 0) is 28.6 Å². The van der Waals surface area contributed by atoms with Gasteiger partial charge in [0.25, 0.3) is 0 Å². The summed E-state index contributed by atoms with van der Waals surface area (Å²) >= 11 is 0. The SMILES string of the molecule is CC.CC(O)/C=C\C=O.CCC(=O)NCCNC(=O)C[C@@H]1CC2(CC(/C=C/C(C)=C/CC3OC(C)C(NC)CC3C)O1)OC2C. The molecule has 0 bridgehead atoms. The Bertz CT molecular complexity index is 982. The van der Waals surface area contributed by atoms with E-state index in [1.807, 2.05) is 20.9 Å². The van der Waals surface area contributed by atoms with Gasteiger partial charge in [0.2, 0.25) is 11.8 Å². The lowest BCUT2D eigenvalue weighted by atomic mass is 9.87. The molecule has 3 aliphatic rings. The number of epoxide rings is 1. The molecular formula is C35H61N3O7. The van der Waals surface area contributed by atoms with Gasteiger partial charge in [-0.05, 0) is 59.6 Å². The summed E-state index contributed by atoms with van der Waals surface area (Å²) in [6, 6.07) is 0.418. The molecule has 0 aromatic carbocycles. The predicted molar refractivity (Wildman–Crippen MR) is 179 cm³/mol. The van der Waals surface area contributed by atoms with Gasteiger partial charge in [-0.1, -0.05) is 57.6 Å². The second-order valence-corrected chi connectivity index (χ2v) is 12.1. The summed E-state index contributed by atoms with van der Waals surface area (Å²) in [5.41, 5.74) is 1.00. The highest BCUT2D eigenvalue weighted by Crippen LogP contribution is 2.48. The van der Waals surface area contributed by atoms with Crippen LogP contribution in [0, 0.1) is 5.92 Å². The van der Waals surface area contributed by atoms with Crippen LogP contribution in [0.15, 0.2) is 36.0 Å². The second kappa shape index (κ2) is 21.4. The summed E-state index contributed by atoms with van der Waals surface area (Å²) in [5, 5.41) is 17.4. The number of rotatable bonds is 13. The van der Waals surface area contributed by atoms with Crippen molar-refractivity contribution in [3.63, 3.8) is 0 Å². The number of ether oxygens (including phenoxy) is 3. The molecule has 45 heavy (non-hydrogen) atoms. The fraction of sp³-hybridized carbons (Fsp3) is 0.743. The number of carbonyl (C=O) groups is 3. The molecule has 1 spiro atoms. The number of hydrogen-bond acceptors (Lipinski definition) is 8. The number of aliphatic hydroxyl groups is 1. The summed E-state index contributed by atoms with van der Waals surface area (Å²) in [5.74, 6) is 0.432. The molecule has 9 atom stereocenters. The number of aliphatic hydroxyl groups excluding tert-OH is 1. The molecule has 0 aromatic rings. The quantitative estimate of drug-likeness (QED) is 0.0778. The zero-order valence-corrected chi connectivity index (χ0v) is 29.1.